The number of unbranched alkanes of at least 4 members (excludes halogenated alkanes) is 4. The van der Waals surface area contributed by atoms with E-state index in [1.54, 1.807) is 12.1 Å². The van der Waals surface area contributed by atoms with Gasteiger partial charge in [-0.05, 0) is 79.8 Å². The zero-order chi connectivity index (χ0) is 38.8. The highest BCUT2D eigenvalue weighted by molar-refractivity contribution is 5.94. The molecular formula is C43H52N2O9. The van der Waals surface area contributed by atoms with Crippen molar-refractivity contribution in [3.63, 3.8) is 0 Å². The van der Waals surface area contributed by atoms with Gasteiger partial charge >= 0.3 is 11.9 Å². The number of aliphatic hydroxyl groups is 1. The van der Waals surface area contributed by atoms with Crippen molar-refractivity contribution in [2.24, 2.45) is 0 Å². The molecule has 2 unspecified atom stereocenters. The summed E-state index contributed by atoms with van der Waals surface area (Å²) < 4.78 is 21.2. The van der Waals surface area contributed by atoms with Crippen molar-refractivity contribution in [2.45, 2.75) is 83.0 Å². The second-order valence-corrected chi connectivity index (χ2v) is 12.4. The maximum absolute atomic E-state index is 12.9. The molecule has 11 nitrogen and oxygen atoms in total. The number of rotatable bonds is 21. The number of aliphatic hydroxyl groups excluding tert-OH is 1. The minimum absolute atomic E-state index is 0.184. The average Bonchev–Trinajstić information content (AvgIpc) is 3.20. The minimum atomic E-state index is -1.02. The van der Waals surface area contributed by atoms with Gasteiger partial charge in [0.1, 0.15) is 23.7 Å². The number of amides is 2. The number of esters is 2. The molecule has 2 amide bonds. The summed E-state index contributed by atoms with van der Waals surface area (Å²) in [5.41, 5.74) is 2.31. The quantitative estimate of drug-likeness (QED) is 0.0567. The number of anilines is 2. The fourth-order valence-corrected chi connectivity index (χ4v) is 5.20. The molecule has 54 heavy (non-hydrogen) atoms. The number of carbonyl (C=O) groups excluding carboxylic acids is 4. The summed E-state index contributed by atoms with van der Waals surface area (Å²) in [5, 5.41) is 15.3. The second-order valence-electron chi connectivity index (χ2n) is 12.4. The Hall–Kier alpha value is -5.52. The molecule has 0 aliphatic carbocycles. The molecule has 0 fully saturated rings. The van der Waals surface area contributed by atoms with E-state index in [9.17, 15) is 24.3 Å². The molecule has 2 atom stereocenters. The van der Waals surface area contributed by atoms with Crippen molar-refractivity contribution in [1.82, 2.24) is 0 Å². The van der Waals surface area contributed by atoms with Crippen molar-refractivity contribution in [3.05, 3.63) is 121 Å². The van der Waals surface area contributed by atoms with E-state index in [-0.39, 0.29) is 24.5 Å². The molecule has 0 spiro atoms. The third-order valence-electron chi connectivity index (χ3n) is 8.17. The molecule has 288 valence electrons. The first-order valence-electron chi connectivity index (χ1n) is 18.2. The number of nitrogens with one attached hydrogen (secondary N) is 2. The molecule has 0 aliphatic rings. The standard InChI is InChI=1S/C28H31NO5.C15H21NO4/c1-32-27(30)19-10-4-9-18-26(28(31)29-23-13-5-2-6-14-23)33-21-22-12-11-17-25(20-22)34-24-15-7-3-8-16-24;1-20-14(18)11-7-3-6-10-13(17)15(19)16-12-8-4-2-5-9-12/h2-3,5-8,11-17,20,26H,4,9-10,18-19,21H2,1H3,(H,29,31);2,4-5,8-9,13,17H,3,6-7,10-11H2,1H3,(H,16,19). The number of ether oxygens (including phenoxy) is 4. The Morgan fingerprint density at radius 3 is 1.63 bits per heavy atom. The minimum Gasteiger partial charge on any atom is -0.469 e. The van der Waals surface area contributed by atoms with Crippen molar-refractivity contribution in [1.29, 1.82) is 0 Å². The molecule has 0 radical (unpaired) electrons. The number of methoxy groups -OCH3 is 2. The Labute approximate surface area is 318 Å². The van der Waals surface area contributed by atoms with Crippen molar-refractivity contribution in [2.75, 3.05) is 24.9 Å². The Balaban J connectivity index is 0.000000334. The zero-order valence-electron chi connectivity index (χ0n) is 31.1. The van der Waals surface area contributed by atoms with Crippen LogP contribution in [0.4, 0.5) is 11.4 Å². The lowest BCUT2D eigenvalue weighted by molar-refractivity contribution is -0.141. The highest BCUT2D eigenvalue weighted by Crippen LogP contribution is 2.23. The second kappa shape index (κ2) is 25.5. The van der Waals surface area contributed by atoms with Crippen LogP contribution in [0.3, 0.4) is 0 Å². The molecular weight excluding hydrogens is 688 g/mol. The summed E-state index contributed by atoms with van der Waals surface area (Å²) in [5.74, 6) is 0.438. The van der Waals surface area contributed by atoms with E-state index in [0.29, 0.717) is 50.0 Å². The molecule has 0 saturated carbocycles. The lowest BCUT2D eigenvalue weighted by atomic mass is 10.1. The fourth-order valence-electron chi connectivity index (χ4n) is 5.20. The molecule has 3 N–H and O–H groups in total. The van der Waals surface area contributed by atoms with Crippen molar-refractivity contribution in [3.8, 4) is 11.5 Å². The maximum Gasteiger partial charge on any atom is 0.305 e. The van der Waals surface area contributed by atoms with Gasteiger partial charge < -0.3 is 34.7 Å². The summed E-state index contributed by atoms with van der Waals surface area (Å²) >= 11 is 0. The van der Waals surface area contributed by atoms with Crippen LogP contribution >= 0.6 is 0 Å². The first kappa shape index (κ1) is 42.9. The summed E-state index contributed by atoms with van der Waals surface area (Å²) in [6.45, 7) is 0.279. The van der Waals surface area contributed by atoms with Crippen molar-refractivity contribution >= 4 is 35.1 Å². The summed E-state index contributed by atoms with van der Waals surface area (Å²) in [6.07, 6.45) is 4.55. The van der Waals surface area contributed by atoms with Crippen LogP contribution in [0, 0.1) is 0 Å². The number of hydrogen-bond acceptors (Lipinski definition) is 9. The van der Waals surface area contributed by atoms with Gasteiger partial charge in [0.2, 0.25) is 0 Å². The van der Waals surface area contributed by atoms with Crippen LogP contribution < -0.4 is 15.4 Å². The van der Waals surface area contributed by atoms with Gasteiger partial charge in [-0.2, -0.15) is 0 Å². The number of benzene rings is 4. The number of para-hydroxylation sites is 3. The van der Waals surface area contributed by atoms with E-state index < -0.39 is 18.1 Å². The van der Waals surface area contributed by atoms with Crippen LogP contribution in [0.2, 0.25) is 0 Å². The van der Waals surface area contributed by atoms with Gasteiger partial charge in [0.15, 0.2) is 0 Å². The lowest BCUT2D eigenvalue weighted by Crippen LogP contribution is -2.30. The number of carbonyl (C=O) groups is 4. The molecule has 0 heterocycles. The summed E-state index contributed by atoms with van der Waals surface area (Å²) in [4.78, 5) is 46.8. The van der Waals surface area contributed by atoms with E-state index in [4.69, 9.17) is 9.47 Å². The molecule has 0 saturated heterocycles. The predicted octanol–water partition coefficient (Wildman–Crippen LogP) is 8.24. The van der Waals surface area contributed by atoms with Crippen LogP contribution in [0.1, 0.15) is 69.8 Å². The molecule has 4 aromatic rings. The Morgan fingerprint density at radius 2 is 1.07 bits per heavy atom. The molecule has 11 heteroatoms. The van der Waals surface area contributed by atoms with Crippen LogP contribution in [0.15, 0.2) is 115 Å². The van der Waals surface area contributed by atoms with E-state index in [1.165, 1.54) is 14.2 Å². The van der Waals surface area contributed by atoms with Gasteiger partial charge in [0.05, 0.1) is 20.8 Å². The normalized spacial score (nSPS) is 11.5. The topological polar surface area (TPSA) is 149 Å². The summed E-state index contributed by atoms with van der Waals surface area (Å²) in [7, 11) is 2.75. The zero-order valence-corrected chi connectivity index (χ0v) is 31.1. The molecule has 0 aliphatic heterocycles. The van der Waals surface area contributed by atoms with Gasteiger partial charge in [-0.25, -0.2) is 0 Å². The highest BCUT2D eigenvalue weighted by Gasteiger charge is 2.20. The largest absolute Gasteiger partial charge is 0.469 e. The van der Waals surface area contributed by atoms with Gasteiger partial charge in [-0.15, -0.1) is 0 Å². The van der Waals surface area contributed by atoms with E-state index >= 15 is 0 Å². The third-order valence-corrected chi connectivity index (χ3v) is 8.17. The van der Waals surface area contributed by atoms with Gasteiger partial charge in [0, 0.05) is 24.2 Å². The van der Waals surface area contributed by atoms with Crippen LogP contribution in [-0.4, -0.2) is 55.3 Å². The van der Waals surface area contributed by atoms with E-state index in [0.717, 1.165) is 42.7 Å². The Bertz CT molecular complexity index is 1670. The first-order chi connectivity index (χ1) is 26.3. The first-order valence-corrected chi connectivity index (χ1v) is 18.2. The lowest BCUT2D eigenvalue weighted by Gasteiger charge is -2.18. The van der Waals surface area contributed by atoms with Gasteiger partial charge in [-0.3, -0.25) is 19.2 Å². The fraction of sp³-hybridized carbons (Fsp3) is 0.349. The van der Waals surface area contributed by atoms with Gasteiger partial charge in [-0.1, -0.05) is 92.4 Å². The number of hydrogen-bond donors (Lipinski definition) is 3. The predicted molar refractivity (Wildman–Crippen MR) is 208 cm³/mol. The molecule has 4 rings (SSSR count). The third kappa shape index (κ3) is 17.8. The maximum atomic E-state index is 12.9. The monoisotopic (exact) mass is 740 g/mol. The molecule has 4 aromatic carbocycles. The van der Waals surface area contributed by atoms with Crippen LogP contribution in [0.5, 0.6) is 11.5 Å². The van der Waals surface area contributed by atoms with Crippen molar-refractivity contribution < 1.29 is 43.2 Å². The average molecular weight is 741 g/mol. The van der Waals surface area contributed by atoms with Crippen LogP contribution in [0.25, 0.3) is 0 Å². The Morgan fingerprint density at radius 1 is 0.574 bits per heavy atom. The summed E-state index contributed by atoms with van der Waals surface area (Å²) in [6, 6.07) is 35.6. The highest BCUT2D eigenvalue weighted by atomic mass is 16.5. The van der Waals surface area contributed by atoms with E-state index in [1.807, 2.05) is 103 Å². The van der Waals surface area contributed by atoms with Gasteiger partial charge in [0.25, 0.3) is 11.8 Å². The Kier molecular flexibility index (Phi) is 20.2. The molecule has 0 bridgehead atoms. The van der Waals surface area contributed by atoms with E-state index in [2.05, 4.69) is 20.1 Å². The SMILES string of the molecule is COC(=O)CCCCCC(O)C(=O)Nc1ccccc1.COC(=O)CCCCCC(OCc1cccc(Oc2ccccc2)c1)C(=O)Nc1ccccc1. The molecule has 0 aromatic heterocycles. The van der Waals surface area contributed by atoms with Crippen LogP contribution in [-0.2, 0) is 40.0 Å². The smallest absolute Gasteiger partial charge is 0.305 e.